The quantitative estimate of drug-likeness (QED) is 0.238. The maximum Gasteiger partial charge on any atom is 0.403 e. The molecule has 0 saturated carbocycles. The maximum atomic E-state index is 14.8. The van der Waals surface area contributed by atoms with Gasteiger partial charge in [-0.25, -0.2) is 13.2 Å². The monoisotopic (exact) mass is 486 g/mol. The zero-order chi connectivity index (χ0) is 24.7. The third-order valence-corrected chi connectivity index (χ3v) is 6.04. The Bertz CT molecular complexity index is 909. The van der Waals surface area contributed by atoms with Crippen molar-refractivity contribution in [2.24, 2.45) is 5.92 Å². The number of aryl methyl sites for hydroxylation is 1. The zero-order valence-electron chi connectivity index (χ0n) is 19.5. The normalized spacial score (nSPS) is 18.8. The molecule has 1 saturated heterocycles. The average Bonchev–Trinajstić information content (AvgIpc) is 2.81. The second-order valence-corrected chi connectivity index (χ2v) is 8.48. The van der Waals surface area contributed by atoms with Crippen molar-refractivity contribution in [1.82, 2.24) is 0 Å². The fourth-order valence-corrected chi connectivity index (χ4v) is 4.11. The van der Waals surface area contributed by atoms with E-state index in [2.05, 4.69) is 11.7 Å². The van der Waals surface area contributed by atoms with Crippen LogP contribution in [0.5, 0.6) is 11.5 Å². The number of alkyl halides is 4. The summed E-state index contributed by atoms with van der Waals surface area (Å²) in [4.78, 5) is 0. The molecule has 2 unspecified atom stereocenters. The molecular weight excluding hydrogens is 455 g/mol. The third kappa shape index (κ3) is 6.40. The van der Waals surface area contributed by atoms with Crippen LogP contribution in [-0.2, 0) is 11.2 Å². The van der Waals surface area contributed by atoms with Gasteiger partial charge >= 0.3 is 6.11 Å². The molecule has 1 fully saturated rings. The minimum atomic E-state index is -3.79. The molecule has 0 radical (unpaired) electrons. The summed E-state index contributed by atoms with van der Waals surface area (Å²) in [6.07, 6.45) is -2.47. The van der Waals surface area contributed by atoms with Crippen LogP contribution in [0.4, 0.5) is 22.0 Å². The van der Waals surface area contributed by atoms with E-state index in [1.54, 1.807) is 6.92 Å². The molecule has 1 aliphatic rings. The lowest BCUT2D eigenvalue weighted by Gasteiger charge is -2.33. The lowest BCUT2D eigenvalue weighted by atomic mass is 9.93. The molecule has 0 N–H and O–H groups in total. The Morgan fingerprint density at radius 1 is 1.00 bits per heavy atom. The van der Waals surface area contributed by atoms with E-state index < -0.39 is 41.3 Å². The fourth-order valence-electron chi connectivity index (χ4n) is 4.11. The predicted molar refractivity (Wildman–Crippen MR) is 119 cm³/mol. The number of halogens is 5. The van der Waals surface area contributed by atoms with Gasteiger partial charge in [-0.3, -0.25) is 0 Å². The van der Waals surface area contributed by atoms with Crippen molar-refractivity contribution in [2.45, 2.75) is 71.0 Å². The highest BCUT2D eigenvalue weighted by molar-refractivity contribution is 5.43. The molecule has 8 heteroatoms. The maximum absolute atomic E-state index is 14.8. The van der Waals surface area contributed by atoms with Crippen LogP contribution < -0.4 is 9.47 Å². The summed E-state index contributed by atoms with van der Waals surface area (Å²) in [5, 5.41) is 0. The first-order valence-electron chi connectivity index (χ1n) is 11.8. The van der Waals surface area contributed by atoms with Gasteiger partial charge in [0, 0.05) is 0 Å². The van der Waals surface area contributed by atoms with Crippen molar-refractivity contribution in [2.75, 3.05) is 13.2 Å². The predicted octanol–water partition coefficient (Wildman–Crippen LogP) is 8.03. The topological polar surface area (TPSA) is 27.7 Å². The third-order valence-electron chi connectivity index (χ3n) is 6.04. The summed E-state index contributed by atoms with van der Waals surface area (Å²) in [5.41, 5.74) is 1.06. The molecule has 3 nitrogen and oxygen atoms in total. The van der Waals surface area contributed by atoms with E-state index >= 15 is 0 Å². The van der Waals surface area contributed by atoms with Crippen molar-refractivity contribution in [3.05, 3.63) is 58.9 Å². The van der Waals surface area contributed by atoms with Crippen molar-refractivity contribution in [1.29, 1.82) is 0 Å². The lowest BCUT2D eigenvalue weighted by molar-refractivity contribution is -0.242. The highest BCUT2D eigenvalue weighted by Gasteiger charge is 2.45. The van der Waals surface area contributed by atoms with E-state index in [0.717, 1.165) is 37.0 Å². The first-order valence-corrected chi connectivity index (χ1v) is 11.8. The van der Waals surface area contributed by atoms with Gasteiger partial charge in [-0.15, -0.1) is 0 Å². The van der Waals surface area contributed by atoms with E-state index in [1.807, 2.05) is 24.3 Å². The van der Waals surface area contributed by atoms with Crippen molar-refractivity contribution >= 4 is 0 Å². The Morgan fingerprint density at radius 3 is 2.29 bits per heavy atom. The molecule has 2 aromatic carbocycles. The Kier molecular flexibility index (Phi) is 9.17. The SMILES string of the molecule is CCCCCc1ccc(C2CCC(C(F)(F)Oc3ccc(OCC)c(C(F)F)c3F)CO2)cc1. The van der Waals surface area contributed by atoms with Gasteiger partial charge in [0.05, 0.1) is 30.8 Å². The van der Waals surface area contributed by atoms with Crippen LogP contribution in [0, 0.1) is 11.7 Å². The Hall–Kier alpha value is -2.35. The molecule has 3 rings (SSSR count). The molecule has 0 spiro atoms. The molecule has 2 aromatic rings. The van der Waals surface area contributed by atoms with Gasteiger partial charge in [-0.1, -0.05) is 44.0 Å². The minimum Gasteiger partial charge on any atom is -0.493 e. The smallest absolute Gasteiger partial charge is 0.403 e. The Morgan fingerprint density at radius 2 is 1.71 bits per heavy atom. The largest absolute Gasteiger partial charge is 0.493 e. The molecule has 0 bridgehead atoms. The minimum absolute atomic E-state index is 0.0255. The molecular formula is C26H31F5O3. The number of benzene rings is 2. The summed E-state index contributed by atoms with van der Waals surface area (Å²) in [6.45, 7) is 3.43. The summed E-state index contributed by atoms with van der Waals surface area (Å²) in [7, 11) is 0. The van der Waals surface area contributed by atoms with E-state index in [1.165, 1.54) is 12.0 Å². The molecule has 34 heavy (non-hydrogen) atoms. The van der Waals surface area contributed by atoms with Crippen LogP contribution >= 0.6 is 0 Å². The molecule has 0 aliphatic carbocycles. The van der Waals surface area contributed by atoms with Crippen LogP contribution in [-0.4, -0.2) is 19.3 Å². The zero-order valence-corrected chi connectivity index (χ0v) is 19.5. The summed E-state index contributed by atoms with van der Waals surface area (Å²) in [5.74, 6) is -4.22. The van der Waals surface area contributed by atoms with Crippen molar-refractivity contribution < 1.29 is 36.2 Å². The van der Waals surface area contributed by atoms with Crippen LogP contribution in [0.1, 0.15) is 75.2 Å². The molecule has 188 valence electrons. The van der Waals surface area contributed by atoms with Crippen LogP contribution in [0.3, 0.4) is 0 Å². The van der Waals surface area contributed by atoms with Gasteiger partial charge in [0.15, 0.2) is 11.6 Å². The van der Waals surface area contributed by atoms with Gasteiger partial charge in [0.2, 0.25) is 0 Å². The lowest BCUT2D eigenvalue weighted by Crippen LogP contribution is -2.40. The number of unbranched alkanes of at least 4 members (excludes halogenated alkanes) is 2. The average molecular weight is 487 g/mol. The van der Waals surface area contributed by atoms with Gasteiger partial charge < -0.3 is 14.2 Å². The van der Waals surface area contributed by atoms with Crippen LogP contribution in [0.15, 0.2) is 36.4 Å². The number of hydrogen-bond acceptors (Lipinski definition) is 3. The van der Waals surface area contributed by atoms with Crippen molar-refractivity contribution in [3.8, 4) is 11.5 Å². The second-order valence-electron chi connectivity index (χ2n) is 8.48. The molecule has 0 amide bonds. The Balaban J connectivity index is 1.62. The van der Waals surface area contributed by atoms with Gasteiger partial charge in [-0.05, 0) is 55.9 Å². The number of hydrogen-bond donors (Lipinski definition) is 0. The van der Waals surface area contributed by atoms with E-state index in [0.29, 0.717) is 6.42 Å². The van der Waals surface area contributed by atoms with E-state index in [9.17, 15) is 22.0 Å². The van der Waals surface area contributed by atoms with Crippen LogP contribution in [0.25, 0.3) is 0 Å². The number of rotatable bonds is 11. The first kappa shape index (κ1) is 26.3. The molecule has 0 aromatic heterocycles. The standard InChI is InChI=1S/C26H31F5O3/c1-3-5-6-7-17-8-10-18(11-9-17)20-13-12-19(16-33-20)26(30,31)34-22-15-14-21(32-4-2)23(24(22)27)25(28)29/h8-11,14-15,19-20,25H,3-7,12-13,16H2,1-2H3. The second kappa shape index (κ2) is 11.9. The fraction of sp³-hybridized carbons (Fsp3) is 0.538. The van der Waals surface area contributed by atoms with Crippen molar-refractivity contribution in [3.63, 3.8) is 0 Å². The van der Waals surface area contributed by atoms with Gasteiger partial charge in [-0.2, -0.15) is 8.78 Å². The Labute approximate surface area is 197 Å². The molecule has 1 heterocycles. The highest BCUT2D eigenvalue weighted by Crippen LogP contribution is 2.42. The number of ether oxygens (including phenoxy) is 3. The summed E-state index contributed by atoms with van der Waals surface area (Å²) >= 11 is 0. The molecule has 2 atom stereocenters. The summed E-state index contributed by atoms with van der Waals surface area (Å²) < 4.78 is 86.1. The molecule has 1 aliphatic heterocycles. The van der Waals surface area contributed by atoms with Gasteiger partial charge in [0.25, 0.3) is 6.43 Å². The highest BCUT2D eigenvalue weighted by atomic mass is 19.3. The van der Waals surface area contributed by atoms with E-state index in [4.69, 9.17) is 9.47 Å². The van der Waals surface area contributed by atoms with Crippen LogP contribution in [0.2, 0.25) is 0 Å². The van der Waals surface area contributed by atoms with Gasteiger partial charge in [0.1, 0.15) is 5.75 Å². The first-order chi connectivity index (χ1) is 16.3. The van der Waals surface area contributed by atoms with E-state index in [-0.39, 0.29) is 25.7 Å². The summed E-state index contributed by atoms with van der Waals surface area (Å²) in [6, 6.07) is 9.89.